The lowest BCUT2D eigenvalue weighted by Crippen LogP contribution is -2.30. The summed E-state index contributed by atoms with van der Waals surface area (Å²) in [6, 6.07) is 10.5. The van der Waals surface area contributed by atoms with E-state index in [0.29, 0.717) is 24.1 Å². The molecule has 1 heterocycles. The summed E-state index contributed by atoms with van der Waals surface area (Å²) in [6.07, 6.45) is 3.48. The SMILES string of the molecule is CC(C)c1cc(C(=O)NCC2CCCc3ccccc32)nn1C. The second kappa shape index (κ2) is 6.57. The molecule has 3 rings (SSSR count). The number of aryl methyl sites for hydroxylation is 2. The molecule has 1 aromatic carbocycles. The molecular weight excluding hydrogens is 286 g/mol. The number of amides is 1. The van der Waals surface area contributed by atoms with Gasteiger partial charge in [0.1, 0.15) is 5.69 Å². The van der Waals surface area contributed by atoms with E-state index >= 15 is 0 Å². The van der Waals surface area contributed by atoms with E-state index in [1.165, 1.54) is 17.5 Å². The second-order valence-corrected chi connectivity index (χ2v) is 6.73. The van der Waals surface area contributed by atoms with Crippen LogP contribution in [0.15, 0.2) is 30.3 Å². The standard InChI is InChI=1S/C19H25N3O/c1-13(2)18-11-17(21-22(18)3)19(23)20-12-15-9-6-8-14-7-4-5-10-16(14)15/h4-5,7,10-11,13,15H,6,8-9,12H2,1-3H3,(H,20,23). The first-order valence-corrected chi connectivity index (χ1v) is 8.46. The van der Waals surface area contributed by atoms with Crippen LogP contribution >= 0.6 is 0 Å². The molecule has 0 saturated heterocycles. The quantitative estimate of drug-likeness (QED) is 0.941. The van der Waals surface area contributed by atoms with Crippen molar-refractivity contribution in [2.24, 2.45) is 7.05 Å². The van der Waals surface area contributed by atoms with Gasteiger partial charge in [0.25, 0.3) is 5.91 Å². The number of nitrogens with zero attached hydrogens (tertiary/aromatic N) is 2. The van der Waals surface area contributed by atoms with Crippen LogP contribution in [0.1, 0.15) is 65.8 Å². The van der Waals surface area contributed by atoms with Gasteiger partial charge in [-0.3, -0.25) is 9.48 Å². The molecule has 1 aliphatic rings. The van der Waals surface area contributed by atoms with Gasteiger partial charge in [-0.2, -0.15) is 5.10 Å². The minimum atomic E-state index is -0.0736. The summed E-state index contributed by atoms with van der Waals surface area (Å²) < 4.78 is 1.80. The van der Waals surface area contributed by atoms with Gasteiger partial charge in [-0.25, -0.2) is 0 Å². The maximum Gasteiger partial charge on any atom is 0.271 e. The first kappa shape index (κ1) is 15.8. The number of aromatic nitrogens is 2. The Morgan fingerprint density at radius 1 is 1.39 bits per heavy atom. The van der Waals surface area contributed by atoms with E-state index in [1.54, 1.807) is 4.68 Å². The van der Waals surface area contributed by atoms with Gasteiger partial charge in [0, 0.05) is 25.2 Å². The Hall–Kier alpha value is -2.10. The van der Waals surface area contributed by atoms with Crippen molar-refractivity contribution in [3.63, 3.8) is 0 Å². The van der Waals surface area contributed by atoms with Crippen molar-refractivity contribution in [1.29, 1.82) is 0 Å². The van der Waals surface area contributed by atoms with E-state index in [1.807, 2.05) is 13.1 Å². The van der Waals surface area contributed by atoms with Crippen molar-refractivity contribution in [3.05, 3.63) is 52.8 Å². The molecular formula is C19H25N3O. The molecule has 1 amide bonds. The van der Waals surface area contributed by atoms with Crippen molar-refractivity contribution >= 4 is 5.91 Å². The van der Waals surface area contributed by atoms with Crippen molar-refractivity contribution in [2.45, 2.75) is 44.9 Å². The molecule has 1 aromatic heterocycles. The third kappa shape index (κ3) is 3.31. The van der Waals surface area contributed by atoms with Crippen molar-refractivity contribution in [1.82, 2.24) is 15.1 Å². The highest BCUT2D eigenvalue weighted by Crippen LogP contribution is 2.30. The maximum absolute atomic E-state index is 12.4. The fourth-order valence-corrected chi connectivity index (χ4v) is 3.51. The third-order valence-electron chi connectivity index (χ3n) is 4.74. The number of fused-ring (bicyclic) bond motifs is 1. The topological polar surface area (TPSA) is 46.9 Å². The predicted octanol–water partition coefficient (Wildman–Crippen LogP) is 3.39. The Kier molecular flexibility index (Phi) is 4.51. The molecule has 0 aliphatic heterocycles. The number of carbonyl (C=O) groups is 1. The number of hydrogen-bond acceptors (Lipinski definition) is 2. The molecule has 1 N–H and O–H groups in total. The van der Waals surface area contributed by atoms with Gasteiger partial charge in [-0.05, 0) is 42.4 Å². The van der Waals surface area contributed by atoms with Crippen LogP contribution in [0, 0.1) is 0 Å². The lowest BCUT2D eigenvalue weighted by atomic mass is 9.83. The van der Waals surface area contributed by atoms with Crippen LogP contribution in [-0.4, -0.2) is 22.2 Å². The Labute approximate surface area is 137 Å². The molecule has 1 aliphatic carbocycles. The van der Waals surface area contributed by atoms with E-state index in [9.17, 15) is 4.79 Å². The Bertz CT molecular complexity index is 702. The lowest BCUT2D eigenvalue weighted by molar-refractivity contribution is 0.0944. The summed E-state index contributed by atoms with van der Waals surface area (Å²) in [5.41, 5.74) is 4.42. The largest absolute Gasteiger partial charge is 0.350 e. The van der Waals surface area contributed by atoms with Gasteiger partial charge in [-0.1, -0.05) is 38.1 Å². The molecule has 0 saturated carbocycles. The summed E-state index contributed by atoms with van der Waals surface area (Å²) in [7, 11) is 1.89. The smallest absolute Gasteiger partial charge is 0.271 e. The molecule has 1 atom stereocenters. The zero-order valence-corrected chi connectivity index (χ0v) is 14.2. The molecule has 23 heavy (non-hydrogen) atoms. The van der Waals surface area contributed by atoms with E-state index in [0.717, 1.165) is 18.5 Å². The van der Waals surface area contributed by atoms with E-state index in [4.69, 9.17) is 0 Å². The predicted molar refractivity (Wildman–Crippen MR) is 91.8 cm³/mol. The molecule has 2 aromatic rings. The van der Waals surface area contributed by atoms with Gasteiger partial charge >= 0.3 is 0 Å². The fourth-order valence-electron chi connectivity index (χ4n) is 3.51. The lowest BCUT2D eigenvalue weighted by Gasteiger charge is -2.25. The number of nitrogens with one attached hydrogen (secondary N) is 1. The van der Waals surface area contributed by atoms with Crippen LogP contribution in [0.4, 0.5) is 0 Å². The van der Waals surface area contributed by atoms with Gasteiger partial charge in [0.15, 0.2) is 0 Å². The van der Waals surface area contributed by atoms with E-state index in [-0.39, 0.29) is 5.91 Å². The summed E-state index contributed by atoms with van der Waals surface area (Å²) in [5, 5.41) is 7.42. The molecule has 0 spiro atoms. The Morgan fingerprint density at radius 3 is 2.91 bits per heavy atom. The highest BCUT2D eigenvalue weighted by Gasteiger charge is 2.21. The minimum Gasteiger partial charge on any atom is -0.350 e. The average molecular weight is 311 g/mol. The van der Waals surface area contributed by atoms with E-state index in [2.05, 4.69) is 48.5 Å². The van der Waals surface area contributed by atoms with Gasteiger partial charge in [-0.15, -0.1) is 0 Å². The first-order chi connectivity index (χ1) is 11.1. The maximum atomic E-state index is 12.4. The Balaban J connectivity index is 1.67. The van der Waals surface area contributed by atoms with Gasteiger partial charge in [0.05, 0.1) is 0 Å². The summed E-state index contributed by atoms with van der Waals surface area (Å²) in [6.45, 7) is 4.90. The monoisotopic (exact) mass is 311 g/mol. The number of benzene rings is 1. The highest BCUT2D eigenvalue weighted by molar-refractivity contribution is 5.92. The van der Waals surface area contributed by atoms with Crippen LogP contribution in [-0.2, 0) is 13.5 Å². The molecule has 122 valence electrons. The van der Waals surface area contributed by atoms with Crippen molar-refractivity contribution in [2.75, 3.05) is 6.54 Å². The molecule has 0 radical (unpaired) electrons. The number of hydrogen-bond donors (Lipinski definition) is 1. The molecule has 1 unspecified atom stereocenters. The number of rotatable bonds is 4. The fraction of sp³-hybridized carbons (Fsp3) is 0.474. The van der Waals surface area contributed by atoms with Crippen LogP contribution in [0.3, 0.4) is 0 Å². The zero-order valence-electron chi connectivity index (χ0n) is 14.2. The van der Waals surface area contributed by atoms with Gasteiger partial charge in [0.2, 0.25) is 0 Å². The van der Waals surface area contributed by atoms with Crippen LogP contribution < -0.4 is 5.32 Å². The third-order valence-corrected chi connectivity index (χ3v) is 4.74. The Morgan fingerprint density at radius 2 is 2.17 bits per heavy atom. The summed E-state index contributed by atoms with van der Waals surface area (Å²) >= 11 is 0. The van der Waals surface area contributed by atoms with Crippen LogP contribution in [0.25, 0.3) is 0 Å². The normalized spacial score (nSPS) is 17.1. The average Bonchev–Trinajstić information content (AvgIpc) is 2.95. The zero-order chi connectivity index (χ0) is 16.4. The van der Waals surface area contributed by atoms with Crippen LogP contribution in [0.5, 0.6) is 0 Å². The van der Waals surface area contributed by atoms with E-state index < -0.39 is 0 Å². The molecule has 0 fully saturated rings. The molecule has 0 bridgehead atoms. The molecule has 4 heteroatoms. The highest BCUT2D eigenvalue weighted by atomic mass is 16.1. The number of carbonyl (C=O) groups excluding carboxylic acids is 1. The van der Waals surface area contributed by atoms with Crippen molar-refractivity contribution < 1.29 is 4.79 Å². The van der Waals surface area contributed by atoms with Crippen molar-refractivity contribution in [3.8, 4) is 0 Å². The summed E-state index contributed by atoms with van der Waals surface area (Å²) in [4.78, 5) is 12.4. The summed E-state index contributed by atoms with van der Waals surface area (Å²) in [5.74, 6) is 0.701. The second-order valence-electron chi connectivity index (χ2n) is 6.73. The molecule has 4 nitrogen and oxygen atoms in total. The minimum absolute atomic E-state index is 0.0736. The first-order valence-electron chi connectivity index (χ1n) is 8.46. The van der Waals surface area contributed by atoms with Crippen LogP contribution in [0.2, 0.25) is 0 Å². The van der Waals surface area contributed by atoms with Gasteiger partial charge < -0.3 is 5.32 Å².